The SMILES string of the molecule is CC(NC(=O)/C=C/c1ccccc1)C(=O)NCc1cccc(Cn2cncn2)c1. The van der Waals surface area contributed by atoms with E-state index in [2.05, 4.69) is 20.7 Å². The Labute approximate surface area is 169 Å². The van der Waals surface area contributed by atoms with Crippen LogP contribution in [0, 0.1) is 0 Å². The molecule has 0 radical (unpaired) electrons. The Morgan fingerprint density at radius 1 is 1.10 bits per heavy atom. The van der Waals surface area contributed by atoms with E-state index in [-0.39, 0.29) is 11.8 Å². The highest BCUT2D eigenvalue weighted by Crippen LogP contribution is 2.07. The molecule has 1 unspecified atom stereocenters. The number of carbonyl (C=O) groups is 2. The van der Waals surface area contributed by atoms with Crippen LogP contribution in [-0.4, -0.2) is 32.6 Å². The van der Waals surface area contributed by atoms with Crippen LogP contribution < -0.4 is 10.6 Å². The first kappa shape index (κ1) is 20.0. The highest BCUT2D eigenvalue weighted by molar-refractivity contribution is 5.95. The highest BCUT2D eigenvalue weighted by atomic mass is 16.2. The Balaban J connectivity index is 1.47. The number of nitrogens with zero attached hydrogens (tertiary/aromatic N) is 3. The molecule has 2 N–H and O–H groups in total. The van der Waals surface area contributed by atoms with Gasteiger partial charge in [0.15, 0.2) is 0 Å². The summed E-state index contributed by atoms with van der Waals surface area (Å²) in [4.78, 5) is 28.2. The predicted molar refractivity (Wildman–Crippen MR) is 110 cm³/mol. The molecule has 2 aromatic carbocycles. The van der Waals surface area contributed by atoms with E-state index in [1.165, 1.54) is 12.4 Å². The van der Waals surface area contributed by atoms with Crippen LogP contribution in [0.15, 0.2) is 73.3 Å². The van der Waals surface area contributed by atoms with Gasteiger partial charge in [-0.3, -0.25) is 9.59 Å². The Hall–Kier alpha value is -3.74. The summed E-state index contributed by atoms with van der Waals surface area (Å²) in [5.41, 5.74) is 2.96. The number of rotatable bonds is 8. The van der Waals surface area contributed by atoms with Crippen LogP contribution in [0.5, 0.6) is 0 Å². The van der Waals surface area contributed by atoms with Crippen LogP contribution >= 0.6 is 0 Å². The molecule has 0 saturated heterocycles. The van der Waals surface area contributed by atoms with E-state index in [0.717, 1.165) is 16.7 Å². The second-order valence-electron chi connectivity index (χ2n) is 6.61. The summed E-state index contributed by atoms with van der Waals surface area (Å²) in [7, 11) is 0. The average Bonchev–Trinajstić information content (AvgIpc) is 3.24. The van der Waals surface area contributed by atoms with Crippen LogP contribution in [-0.2, 0) is 22.7 Å². The number of hydrogen-bond donors (Lipinski definition) is 2. The first-order valence-corrected chi connectivity index (χ1v) is 9.32. The lowest BCUT2D eigenvalue weighted by Gasteiger charge is -2.13. The quantitative estimate of drug-likeness (QED) is 0.578. The molecule has 0 aliphatic rings. The van der Waals surface area contributed by atoms with Crippen molar-refractivity contribution in [2.75, 3.05) is 0 Å². The third-order valence-corrected chi connectivity index (χ3v) is 4.25. The molecule has 1 heterocycles. The molecular formula is C22H23N5O2. The fraction of sp³-hybridized carbons (Fsp3) is 0.182. The van der Waals surface area contributed by atoms with Crippen LogP contribution in [0.4, 0.5) is 0 Å². The number of benzene rings is 2. The molecule has 1 aromatic heterocycles. The molecule has 29 heavy (non-hydrogen) atoms. The van der Waals surface area contributed by atoms with Crippen LogP contribution in [0.2, 0.25) is 0 Å². The number of amides is 2. The standard InChI is InChI=1S/C22H23N5O2/c1-17(26-21(28)11-10-18-6-3-2-4-7-18)22(29)24-13-19-8-5-9-20(12-19)14-27-16-23-15-25-27/h2-12,15-17H,13-14H2,1H3,(H,24,29)(H,26,28)/b11-10+. The molecular weight excluding hydrogens is 366 g/mol. The first-order chi connectivity index (χ1) is 14.1. The molecule has 0 fully saturated rings. The lowest BCUT2D eigenvalue weighted by molar-refractivity contribution is -0.126. The molecule has 0 saturated carbocycles. The Morgan fingerprint density at radius 3 is 2.66 bits per heavy atom. The van der Waals surface area contributed by atoms with E-state index in [9.17, 15) is 9.59 Å². The predicted octanol–water partition coefficient (Wildman–Crippen LogP) is 2.16. The lowest BCUT2D eigenvalue weighted by atomic mass is 10.1. The van der Waals surface area contributed by atoms with Gasteiger partial charge >= 0.3 is 0 Å². The van der Waals surface area contributed by atoms with Crippen molar-refractivity contribution in [1.82, 2.24) is 25.4 Å². The molecule has 0 bridgehead atoms. The summed E-state index contributed by atoms with van der Waals surface area (Å²) in [6, 6.07) is 16.7. The summed E-state index contributed by atoms with van der Waals surface area (Å²) in [5, 5.41) is 9.61. The minimum atomic E-state index is -0.638. The van der Waals surface area contributed by atoms with Gasteiger partial charge in [0.05, 0.1) is 6.54 Å². The van der Waals surface area contributed by atoms with Crippen LogP contribution in [0.3, 0.4) is 0 Å². The average molecular weight is 389 g/mol. The Bertz CT molecular complexity index is 968. The van der Waals surface area contributed by atoms with E-state index < -0.39 is 6.04 Å². The summed E-state index contributed by atoms with van der Waals surface area (Å²) < 4.78 is 1.73. The molecule has 7 heteroatoms. The minimum Gasteiger partial charge on any atom is -0.350 e. The zero-order valence-electron chi connectivity index (χ0n) is 16.2. The van der Waals surface area contributed by atoms with Crippen LogP contribution in [0.1, 0.15) is 23.6 Å². The summed E-state index contributed by atoms with van der Waals surface area (Å²) in [5.74, 6) is -0.556. The van der Waals surface area contributed by atoms with Crippen molar-refractivity contribution >= 4 is 17.9 Å². The van der Waals surface area contributed by atoms with Gasteiger partial charge < -0.3 is 10.6 Å². The summed E-state index contributed by atoms with van der Waals surface area (Å²) in [6.07, 6.45) is 6.28. The molecule has 148 valence electrons. The van der Waals surface area contributed by atoms with Crippen molar-refractivity contribution in [3.8, 4) is 0 Å². The van der Waals surface area contributed by atoms with E-state index in [1.807, 2.05) is 54.6 Å². The van der Waals surface area contributed by atoms with Crippen molar-refractivity contribution < 1.29 is 9.59 Å². The van der Waals surface area contributed by atoms with Gasteiger partial charge in [-0.05, 0) is 29.7 Å². The molecule has 7 nitrogen and oxygen atoms in total. The van der Waals surface area contributed by atoms with Gasteiger partial charge in [0.1, 0.15) is 18.7 Å². The Morgan fingerprint density at radius 2 is 1.90 bits per heavy atom. The molecule has 3 rings (SSSR count). The minimum absolute atomic E-state index is 0.242. The molecule has 3 aromatic rings. The zero-order chi connectivity index (χ0) is 20.5. The summed E-state index contributed by atoms with van der Waals surface area (Å²) in [6.45, 7) is 2.65. The maximum absolute atomic E-state index is 12.3. The van der Waals surface area contributed by atoms with E-state index in [1.54, 1.807) is 24.0 Å². The normalized spacial score (nSPS) is 11.9. The Kier molecular flexibility index (Phi) is 6.89. The number of nitrogens with one attached hydrogen (secondary N) is 2. The van der Waals surface area contributed by atoms with Gasteiger partial charge in [0, 0.05) is 12.6 Å². The van der Waals surface area contributed by atoms with Gasteiger partial charge in [-0.2, -0.15) is 5.10 Å². The van der Waals surface area contributed by atoms with E-state index in [4.69, 9.17) is 0 Å². The number of carbonyl (C=O) groups excluding carboxylic acids is 2. The largest absolute Gasteiger partial charge is 0.350 e. The van der Waals surface area contributed by atoms with Crippen LogP contribution in [0.25, 0.3) is 6.08 Å². The van der Waals surface area contributed by atoms with Crippen molar-refractivity contribution in [3.05, 3.63) is 90.0 Å². The molecule has 0 aliphatic heterocycles. The molecule has 2 amide bonds. The van der Waals surface area contributed by atoms with E-state index >= 15 is 0 Å². The van der Waals surface area contributed by atoms with Gasteiger partial charge in [-0.15, -0.1) is 0 Å². The zero-order valence-corrected chi connectivity index (χ0v) is 16.2. The van der Waals surface area contributed by atoms with Crippen molar-refractivity contribution in [3.63, 3.8) is 0 Å². The third kappa shape index (κ3) is 6.42. The first-order valence-electron chi connectivity index (χ1n) is 9.32. The maximum Gasteiger partial charge on any atom is 0.244 e. The summed E-state index contributed by atoms with van der Waals surface area (Å²) >= 11 is 0. The number of aromatic nitrogens is 3. The van der Waals surface area contributed by atoms with Gasteiger partial charge in [0.2, 0.25) is 11.8 Å². The number of hydrogen-bond acceptors (Lipinski definition) is 4. The topological polar surface area (TPSA) is 88.9 Å². The maximum atomic E-state index is 12.3. The third-order valence-electron chi connectivity index (χ3n) is 4.25. The van der Waals surface area contributed by atoms with E-state index in [0.29, 0.717) is 13.1 Å². The van der Waals surface area contributed by atoms with Crippen molar-refractivity contribution in [2.24, 2.45) is 0 Å². The molecule has 1 atom stereocenters. The highest BCUT2D eigenvalue weighted by Gasteiger charge is 2.14. The smallest absolute Gasteiger partial charge is 0.244 e. The second kappa shape index (κ2) is 9.98. The fourth-order valence-corrected chi connectivity index (χ4v) is 2.74. The van der Waals surface area contributed by atoms with Crippen molar-refractivity contribution in [2.45, 2.75) is 26.1 Å². The fourth-order valence-electron chi connectivity index (χ4n) is 2.74. The lowest BCUT2D eigenvalue weighted by Crippen LogP contribution is -2.44. The monoisotopic (exact) mass is 389 g/mol. The van der Waals surface area contributed by atoms with Gasteiger partial charge in [-0.1, -0.05) is 54.6 Å². The van der Waals surface area contributed by atoms with Gasteiger partial charge in [-0.25, -0.2) is 9.67 Å². The molecule has 0 aliphatic carbocycles. The molecule has 0 spiro atoms. The van der Waals surface area contributed by atoms with Gasteiger partial charge in [0.25, 0.3) is 0 Å². The van der Waals surface area contributed by atoms with Crippen molar-refractivity contribution in [1.29, 1.82) is 0 Å². The second-order valence-corrected chi connectivity index (χ2v) is 6.61.